The highest BCUT2D eigenvalue weighted by molar-refractivity contribution is 7.99. The summed E-state index contributed by atoms with van der Waals surface area (Å²) in [5.74, 6) is 1.04. The lowest BCUT2D eigenvalue weighted by Gasteiger charge is -1.97. The lowest BCUT2D eigenvalue weighted by Crippen LogP contribution is -2.14. The third-order valence-electron chi connectivity index (χ3n) is 2.43. The molecule has 1 aliphatic carbocycles. The van der Waals surface area contributed by atoms with E-state index in [0.717, 1.165) is 24.6 Å². The van der Waals surface area contributed by atoms with Crippen LogP contribution in [0.5, 0.6) is 0 Å². The summed E-state index contributed by atoms with van der Waals surface area (Å²) < 4.78 is 5.31. The Bertz CT molecular complexity index is 591. The van der Waals surface area contributed by atoms with Crippen molar-refractivity contribution < 1.29 is 9.21 Å². The number of nitrogens with zero attached hydrogens (tertiary/aromatic N) is 4. The van der Waals surface area contributed by atoms with Crippen LogP contribution in [0.1, 0.15) is 24.7 Å². The Morgan fingerprint density at radius 3 is 3.05 bits per heavy atom. The van der Waals surface area contributed by atoms with E-state index >= 15 is 0 Å². The molecule has 1 saturated carbocycles. The Balaban J connectivity index is 1.49. The second-order valence-corrected chi connectivity index (χ2v) is 5.00. The third-order valence-corrected chi connectivity index (χ3v) is 3.28. The van der Waals surface area contributed by atoms with E-state index in [9.17, 15) is 4.79 Å². The molecule has 2 aromatic heterocycles. The van der Waals surface area contributed by atoms with Gasteiger partial charge in [-0.1, -0.05) is 16.9 Å². The van der Waals surface area contributed by atoms with Crippen LogP contribution in [0.25, 0.3) is 0 Å². The van der Waals surface area contributed by atoms with E-state index in [1.54, 1.807) is 0 Å². The van der Waals surface area contributed by atoms with Crippen molar-refractivity contribution in [2.75, 3.05) is 16.8 Å². The number of nitrogens with two attached hydrogens (primary N) is 1. The highest BCUT2D eigenvalue weighted by Crippen LogP contribution is 2.39. The summed E-state index contributed by atoms with van der Waals surface area (Å²) in [6, 6.07) is 0.127. The van der Waals surface area contributed by atoms with Crippen molar-refractivity contribution in [2.24, 2.45) is 0 Å². The second kappa shape index (κ2) is 4.88. The molecule has 9 nitrogen and oxygen atoms in total. The van der Waals surface area contributed by atoms with Crippen molar-refractivity contribution in [1.82, 2.24) is 25.4 Å². The minimum atomic E-state index is -0.264. The third kappa shape index (κ3) is 3.02. The SMILES string of the molecule is Nc1nc(SCC(=O)Nc2nnc(C3CC3)o2)n[nH]1. The number of hydrogen-bond donors (Lipinski definition) is 3. The molecule has 100 valence electrons. The van der Waals surface area contributed by atoms with Crippen LogP contribution < -0.4 is 11.1 Å². The molecule has 1 aliphatic rings. The number of carbonyl (C=O) groups excluding carboxylic acids is 1. The van der Waals surface area contributed by atoms with E-state index in [2.05, 4.69) is 30.7 Å². The van der Waals surface area contributed by atoms with Crippen molar-refractivity contribution in [1.29, 1.82) is 0 Å². The molecule has 3 rings (SSSR count). The summed E-state index contributed by atoms with van der Waals surface area (Å²) in [5, 5.41) is 16.9. The van der Waals surface area contributed by atoms with Crippen LogP contribution in [0.4, 0.5) is 12.0 Å². The van der Waals surface area contributed by atoms with Crippen molar-refractivity contribution >= 4 is 29.6 Å². The predicted molar refractivity (Wildman–Crippen MR) is 66.4 cm³/mol. The standard InChI is InChI=1S/C9H11N7O2S/c10-7-12-9(16-14-7)19-3-5(17)11-8-15-13-6(18-8)4-1-2-4/h4H,1-3H2,(H,11,15,17)(H3,10,12,14,16). The number of nitrogen functional groups attached to an aromatic ring is 1. The summed E-state index contributed by atoms with van der Waals surface area (Å²) >= 11 is 1.16. The molecular formula is C9H11N7O2S. The molecule has 1 fully saturated rings. The van der Waals surface area contributed by atoms with E-state index in [1.165, 1.54) is 0 Å². The largest absolute Gasteiger partial charge is 0.408 e. The van der Waals surface area contributed by atoms with Gasteiger partial charge in [-0.05, 0) is 12.8 Å². The van der Waals surface area contributed by atoms with Gasteiger partial charge in [0.1, 0.15) is 0 Å². The molecule has 0 aliphatic heterocycles. The van der Waals surface area contributed by atoms with Gasteiger partial charge in [0.05, 0.1) is 5.75 Å². The molecule has 10 heteroatoms. The van der Waals surface area contributed by atoms with E-state index in [0.29, 0.717) is 17.0 Å². The molecule has 19 heavy (non-hydrogen) atoms. The normalized spacial score (nSPS) is 14.5. The van der Waals surface area contributed by atoms with Gasteiger partial charge in [-0.2, -0.15) is 4.98 Å². The fourth-order valence-corrected chi connectivity index (χ4v) is 1.99. The van der Waals surface area contributed by atoms with Gasteiger partial charge in [-0.3, -0.25) is 10.1 Å². The van der Waals surface area contributed by atoms with Gasteiger partial charge in [0.2, 0.25) is 22.9 Å². The summed E-state index contributed by atoms with van der Waals surface area (Å²) in [6.45, 7) is 0. The zero-order chi connectivity index (χ0) is 13.2. The molecule has 0 atom stereocenters. The van der Waals surface area contributed by atoms with Gasteiger partial charge < -0.3 is 10.2 Å². The first-order chi connectivity index (χ1) is 9.20. The predicted octanol–water partition coefficient (Wildman–Crippen LogP) is 0.378. The Kier molecular flexibility index (Phi) is 3.07. The molecule has 0 unspecified atom stereocenters. The lowest BCUT2D eigenvalue weighted by molar-refractivity contribution is -0.113. The molecule has 0 saturated heterocycles. The Morgan fingerprint density at radius 2 is 2.37 bits per heavy atom. The number of nitrogens with one attached hydrogen (secondary N) is 2. The van der Waals surface area contributed by atoms with Gasteiger partial charge in [-0.15, -0.1) is 10.2 Å². The Hall–Kier alpha value is -2.10. The van der Waals surface area contributed by atoms with Gasteiger partial charge in [-0.25, -0.2) is 5.10 Å². The molecule has 0 radical (unpaired) electrons. The molecule has 0 bridgehead atoms. The summed E-state index contributed by atoms with van der Waals surface area (Å²) in [4.78, 5) is 15.5. The van der Waals surface area contributed by atoms with Crippen LogP contribution in [-0.4, -0.2) is 37.0 Å². The highest BCUT2D eigenvalue weighted by Gasteiger charge is 2.29. The number of carbonyl (C=O) groups is 1. The first-order valence-electron chi connectivity index (χ1n) is 5.64. The van der Waals surface area contributed by atoms with Crippen LogP contribution in [0, 0.1) is 0 Å². The quantitative estimate of drug-likeness (QED) is 0.669. The van der Waals surface area contributed by atoms with E-state index in [4.69, 9.17) is 10.2 Å². The molecular weight excluding hydrogens is 270 g/mol. The smallest absolute Gasteiger partial charge is 0.322 e. The maximum atomic E-state index is 11.6. The van der Waals surface area contributed by atoms with Crippen molar-refractivity contribution in [3.05, 3.63) is 5.89 Å². The van der Waals surface area contributed by atoms with E-state index in [1.807, 2.05) is 0 Å². The Morgan fingerprint density at radius 1 is 1.53 bits per heavy atom. The fraction of sp³-hybridized carbons (Fsp3) is 0.444. The number of amides is 1. The van der Waals surface area contributed by atoms with E-state index in [-0.39, 0.29) is 23.6 Å². The number of aromatic amines is 1. The molecule has 2 heterocycles. The van der Waals surface area contributed by atoms with Gasteiger partial charge in [0.15, 0.2) is 0 Å². The number of rotatable bonds is 5. The minimum absolute atomic E-state index is 0.127. The molecule has 2 aromatic rings. The van der Waals surface area contributed by atoms with Crippen LogP contribution in [-0.2, 0) is 4.79 Å². The molecule has 4 N–H and O–H groups in total. The maximum Gasteiger partial charge on any atom is 0.322 e. The number of hydrogen-bond acceptors (Lipinski definition) is 8. The maximum absolute atomic E-state index is 11.6. The van der Waals surface area contributed by atoms with Crippen LogP contribution in [0.15, 0.2) is 9.57 Å². The van der Waals surface area contributed by atoms with Crippen LogP contribution in [0.2, 0.25) is 0 Å². The molecule has 0 aromatic carbocycles. The van der Waals surface area contributed by atoms with Crippen molar-refractivity contribution in [2.45, 2.75) is 23.9 Å². The number of aromatic nitrogens is 5. The highest BCUT2D eigenvalue weighted by atomic mass is 32.2. The van der Waals surface area contributed by atoms with E-state index < -0.39 is 0 Å². The first-order valence-corrected chi connectivity index (χ1v) is 6.63. The van der Waals surface area contributed by atoms with Gasteiger partial charge >= 0.3 is 6.01 Å². The Labute approximate surface area is 111 Å². The summed E-state index contributed by atoms with van der Waals surface area (Å²) in [7, 11) is 0. The second-order valence-electron chi connectivity index (χ2n) is 4.06. The summed E-state index contributed by atoms with van der Waals surface area (Å²) in [6.07, 6.45) is 2.13. The topological polar surface area (TPSA) is 136 Å². The average Bonchev–Trinajstić information content (AvgIpc) is 3.00. The zero-order valence-electron chi connectivity index (χ0n) is 9.79. The fourth-order valence-electron chi connectivity index (χ4n) is 1.39. The van der Waals surface area contributed by atoms with Crippen LogP contribution in [0.3, 0.4) is 0 Å². The van der Waals surface area contributed by atoms with Crippen LogP contribution >= 0.6 is 11.8 Å². The van der Waals surface area contributed by atoms with Crippen molar-refractivity contribution in [3.8, 4) is 0 Å². The van der Waals surface area contributed by atoms with Crippen molar-refractivity contribution in [3.63, 3.8) is 0 Å². The lowest BCUT2D eigenvalue weighted by atomic mass is 10.4. The number of thioether (sulfide) groups is 1. The van der Waals surface area contributed by atoms with Gasteiger partial charge in [0, 0.05) is 5.92 Å². The average molecular weight is 281 g/mol. The van der Waals surface area contributed by atoms with Gasteiger partial charge in [0.25, 0.3) is 0 Å². The first kappa shape index (κ1) is 12.0. The monoisotopic (exact) mass is 281 g/mol. The zero-order valence-corrected chi connectivity index (χ0v) is 10.6. The number of anilines is 2. The molecule has 1 amide bonds. The minimum Gasteiger partial charge on any atom is -0.408 e. The molecule has 0 spiro atoms. The summed E-state index contributed by atoms with van der Waals surface area (Å²) in [5.41, 5.74) is 5.37. The number of H-pyrrole nitrogens is 1.